The van der Waals surface area contributed by atoms with E-state index in [0.29, 0.717) is 9.65 Å². The third-order valence-corrected chi connectivity index (χ3v) is 4.67. The number of hydrogen-bond donors (Lipinski definition) is 1. The Kier molecular flexibility index (Phi) is 4.20. The van der Waals surface area contributed by atoms with E-state index in [9.17, 15) is 0 Å². The molecule has 0 radical (unpaired) electrons. The van der Waals surface area contributed by atoms with Crippen molar-refractivity contribution in [1.29, 1.82) is 0 Å². The van der Waals surface area contributed by atoms with Gasteiger partial charge in [-0.2, -0.15) is 0 Å². The zero-order valence-electron chi connectivity index (χ0n) is 12.0. The number of imidazole rings is 1. The monoisotopic (exact) mass is 485 g/mol. The van der Waals surface area contributed by atoms with Crippen LogP contribution in [0.15, 0.2) is 35.1 Å². The van der Waals surface area contributed by atoms with Crippen LogP contribution < -0.4 is 5.32 Å². The zero-order chi connectivity index (χ0) is 15.8. The van der Waals surface area contributed by atoms with E-state index in [1.807, 2.05) is 28.8 Å². The summed E-state index contributed by atoms with van der Waals surface area (Å²) in [7, 11) is 0. The van der Waals surface area contributed by atoms with E-state index in [0.717, 1.165) is 40.8 Å². The minimum absolute atomic E-state index is 0.0180. The van der Waals surface area contributed by atoms with Crippen LogP contribution >= 0.6 is 38.5 Å². The topological polar surface area (TPSA) is 64.9 Å². The van der Waals surface area contributed by atoms with Gasteiger partial charge in [0.05, 0.1) is 6.33 Å². The predicted molar refractivity (Wildman–Crippen MR) is 99.7 cm³/mol. The highest BCUT2D eigenvalue weighted by molar-refractivity contribution is 14.1. The van der Waals surface area contributed by atoms with E-state index < -0.39 is 0 Å². The summed E-state index contributed by atoms with van der Waals surface area (Å²) in [6, 6.07) is 7.94. The molecule has 2 aromatic heterocycles. The van der Waals surface area contributed by atoms with Gasteiger partial charge in [-0.3, -0.25) is 4.57 Å². The lowest BCUT2D eigenvalue weighted by molar-refractivity contribution is 0.0592. The molecule has 23 heavy (non-hydrogen) atoms. The van der Waals surface area contributed by atoms with E-state index in [4.69, 9.17) is 4.74 Å². The van der Waals surface area contributed by atoms with Gasteiger partial charge < -0.3 is 10.1 Å². The van der Waals surface area contributed by atoms with E-state index in [2.05, 4.69) is 58.8 Å². The van der Waals surface area contributed by atoms with Gasteiger partial charge in [-0.25, -0.2) is 15.0 Å². The van der Waals surface area contributed by atoms with Gasteiger partial charge in [0.25, 0.3) is 0 Å². The molecule has 0 bridgehead atoms. The number of benzene rings is 1. The van der Waals surface area contributed by atoms with Gasteiger partial charge in [0.15, 0.2) is 20.8 Å². The van der Waals surface area contributed by atoms with E-state index in [-0.39, 0.29) is 6.23 Å². The normalized spacial score (nSPS) is 17.7. The molecule has 3 heterocycles. The van der Waals surface area contributed by atoms with Crippen LogP contribution in [0.1, 0.15) is 19.1 Å². The number of aromatic nitrogens is 4. The third-order valence-electron chi connectivity index (χ3n) is 3.70. The molecular weight excluding hydrogens is 473 g/mol. The molecule has 8 heteroatoms. The first-order valence-corrected chi connectivity index (χ1v) is 9.12. The molecule has 0 amide bonds. The summed E-state index contributed by atoms with van der Waals surface area (Å²) in [5.41, 5.74) is 2.50. The fourth-order valence-electron chi connectivity index (χ4n) is 2.67. The minimum Gasteiger partial charge on any atom is -0.358 e. The lowest BCUT2D eigenvalue weighted by Gasteiger charge is -2.12. The van der Waals surface area contributed by atoms with Crippen molar-refractivity contribution in [3.05, 3.63) is 38.9 Å². The number of hydrogen-bond acceptors (Lipinski definition) is 5. The molecule has 118 valence electrons. The summed E-state index contributed by atoms with van der Waals surface area (Å²) in [4.78, 5) is 13.5. The highest BCUT2D eigenvalue weighted by Crippen LogP contribution is 2.30. The second kappa shape index (κ2) is 6.33. The SMILES string of the molecule is Brc1cccc(Nc2nc(I)nc3c2ncn3C2CCCO2)c1. The second-order valence-corrected chi connectivity index (χ2v) is 7.15. The number of nitrogens with zero attached hydrogens (tertiary/aromatic N) is 4. The van der Waals surface area contributed by atoms with Crippen molar-refractivity contribution in [2.75, 3.05) is 11.9 Å². The van der Waals surface area contributed by atoms with Crippen molar-refractivity contribution in [1.82, 2.24) is 19.5 Å². The van der Waals surface area contributed by atoms with Crippen molar-refractivity contribution in [2.45, 2.75) is 19.1 Å². The largest absolute Gasteiger partial charge is 0.358 e. The van der Waals surface area contributed by atoms with Crippen molar-refractivity contribution >= 4 is 61.2 Å². The summed E-state index contributed by atoms with van der Waals surface area (Å²) in [5, 5.41) is 3.33. The Bertz CT molecular complexity index is 862. The molecule has 1 aliphatic rings. The first kappa shape index (κ1) is 15.3. The quantitative estimate of drug-likeness (QED) is 0.444. The highest BCUT2D eigenvalue weighted by atomic mass is 127. The fourth-order valence-corrected chi connectivity index (χ4v) is 3.54. The first-order valence-electron chi connectivity index (χ1n) is 7.25. The Morgan fingerprint density at radius 2 is 2.26 bits per heavy atom. The number of rotatable bonds is 3. The van der Waals surface area contributed by atoms with E-state index >= 15 is 0 Å². The second-order valence-electron chi connectivity index (χ2n) is 5.27. The lowest BCUT2D eigenvalue weighted by atomic mass is 10.3. The average Bonchev–Trinajstić information content (AvgIpc) is 3.15. The molecule has 0 saturated carbocycles. The van der Waals surface area contributed by atoms with Gasteiger partial charge in [0.2, 0.25) is 0 Å². The number of nitrogens with one attached hydrogen (secondary N) is 1. The maximum atomic E-state index is 5.75. The molecule has 4 rings (SSSR count). The number of halogens is 2. The molecule has 3 aromatic rings. The van der Waals surface area contributed by atoms with Crippen LogP contribution in [0.25, 0.3) is 11.2 Å². The Labute approximate surface area is 154 Å². The third kappa shape index (κ3) is 3.07. The Balaban J connectivity index is 1.77. The van der Waals surface area contributed by atoms with Gasteiger partial charge in [-0.05, 0) is 31.0 Å². The molecule has 0 spiro atoms. The molecule has 1 N–H and O–H groups in total. The van der Waals surface area contributed by atoms with Crippen molar-refractivity contribution in [2.24, 2.45) is 0 Å². The standard InChI is InChI=1S/C15H13BrIN5O/c16-9-3-1-4-10(7-9)19-13-12-14(21-15(17)20-13)22(8-18-12)11-5-2-6-23-11/h1,3-4,7-8,11H,2,5-6H2,(H,19,20,21). The van der Waals surface area contributed by atoms with Crippen molar-refractivity contribution in [3.8, 4) is 0 Å². The first-order chi connectivity index (χ1) is 11.2. The highest BCUT2D eigenvalue weighted by Gasteiger charge is 2.22. The average molecular weight is 486 g/mol. The fraction of sp³-hybridized carbons (Fsp3) is 0.267. The van der Waals surface area contributed by atoms with Gasteiger partial charge in [-0.15, -0.1) is 0 Å². The smallest absolute Gasteiger partial charge is 0.194 e. The number of anilines is 2. The van der Waals surface area contributed by atoms with Crippen LogP contribution in [-0.4, -0.2) is 26.1 Å². The van der Waals surface area contributed by atoms with Crippen LogP contribution in [0, 0.1) is 3.83 Å². The van der Waals surface area contributed by atoms with Crippen LogP contribution in [0.4, 0.5) is 11.5 Å². The number of fused-ring (bicyclic) bond motifs is 1. The van der Waals surface area contributed by atoms with Crippen LogP contribution in [0.2, 0.25) is 0 Å². The Morgan fingerprint density at radius 1 is 1.35 bits per heavy atom. The molecule has 1 unspecified atom stereocenters. The minimum atomic E-state index is 0.0180. The van der Waals surface area contributed by atoms with E-state index in [1.54, 1.807) is 6.33 Å². The molecular formula is C15H13BrIN5O. The molecule has 1 atom stereocenters. The van der Waals surface area contributed by atoms with Crippen LogP contribution in [0.3, 0.4) is 0 Å². The Morgan fingerprint density at radius 3 is 3.04 bits per heavy atom. The predicted octanol–water partition coefficient (Wildman–Crippen LogP) is 4.25. The molecule has 0 aliphatic carbocycles. The molecule has 1 saturated heterocycles. The van der Waals surface area contributed by atoms with Crippen LogP contribution in [-0.2, 0) is 4.74 Å². The maximum Gasteiger partial charge on any atom is 0.194 e. The van der Waals surface area contributed by atoms with Crippen molar-refractivity contribution < 1.29 is 4.74 Å². The summed E-state index contributed by atoms with van der Waals surface area (Å²) >= 11 is 5.60. The zero-order valence-corrected chi connectivity index (χ0v) is 15.8. The maximum absolute atomic E-state index is 5.75. The summed E-state index contributed by atoms with van der Waals surface area (Å²) in [6.45, 7) is 0.787. The Hall–Kier alpha value is -1.26. The van der Waals surface area contributed by atoms with Crippen LogP contribution in [0.5, 0.6) is 0 Å². The summed E-state index contributed by atoms with van der Waals surface area (Å²) in [6.07, 6.45) is 3.86. The molecule has 1 aliphatic heterocycles. The summed E-state index contributed by atoms with van der Waals surface area (Å²) < 4.78 is 9.43. The molecule has 1 fully saturated rings. The number of ether oxygens (including phenoxy) is 1. The molecule has 1 aromatic carbocycles. The van der Waals surface area contributed by atoms with Gasteiger partial charge in [-0.1, -0.05) is 22.0 Å². The summed E-state index contributed by atoms with van der Waals surface area (Å²) in [5.74, 6) is 0.703. The van der Waals surface area contributed by atoms with Gasteiger partial charge >= 0.3 is 0 Å². The molecule has 6 nitrogen and oxygen atoms in total. The van der Waals surface area contributed by atoms with Gasteiger partial charge in [0, 0.05) is 39.4 Å². The van der Waals surface area contributed by atoms with Gasteiger partial charge in [0.1, 0.15) is 6.23 Å². The lowest BCUT2D eigenvalue weighted by Crippen LogP contribution is -2.07. The van der Waals surface area contributed by atoms with Crippen molar-refractivity contribution in [3.63, 3.8) is 0 Å². The van der Waals surface area contributed by atoms with E-state index in [1.165, 1.54) is 0 Å².